The number of nitrogens with one attached hydrogen (secondary N) is 1. The first-order chi connectivity index (χ1) is 17.9. The summed E-state index contributed by atoms with van der Waals surface area (Å²) in [4.78, 5) is 42.7. The number of carbonyl (C=O) groups excluding carboxylic acids is 3. The summed E-state index contributed by atoms with van der Waals surface area (Å²) in [6.07, 6.45) is 4.70. The topological polar surface area (TPSA) is 84.9 Å². The van der Waals surface area contributed by atoms with Crippen LogP contribution in [0, 0.1) is 23.2 Å². The Labute approximate surface area is 230 Å². The number of amides is 3. The van der Waals surface area contributed by atoms with Gasteiger partial charge in [-0.3, -0.25) is 14.4 Å². The van der Waals surface area contributed by atoms with Crippen LogP contribution in [0.2, 0.25) is 13.1 Å². The van der Waals surface area contributed by atoms with Crippen molar-refractivity contribution in [1.82, 2.24) is 10.2 Å². The van der Waals surface area contributed by atoms with Gasteiger partial charge in [-0.2, -0.15) is 0 Å². The van der Waals surface area contributed by atoms with Crippen molar-refractivity contribution in [2.24, 2.45) is 23.2 Å². The zero-order chi connectivity index (χ0) is 28.3. The average molecular weight is 545 g/mol. The van der Waals surface area contributed by atoms with E-state index in [2.05, 4.69) is 53.0 Å². The first kappa shape index (κ1) is 30.3. The number of fused-ring (bicyclic) bond motifs is 1. The Morgan fingerprint density at radius 2 is 1.74 bits per heavy atom. The van der Waals surface area contributed by atoms with Crippen LogP contribution in [0.1, 0.15) is 90.4 Å². The van der Waals surface area contributed by atoms with Gasteiger partial charge in [0.2, 0.25) is 11.8 Å². The van der Waals surface area contributed by atoms with Crippen LogP contribution in [-0.4, -0.2) is 50.0 Å². The van der Waals surface area contributed by atoms with Gasteiger partial charge in [0.05, 0.1) is 23.4 Å². The number of ether oxygens (including phenoxy) is 1. The second kappa shape index (κ2) is 12.3. The monoisotopic (exact) mass is 544 g/mol. The van der Waals surface area contributed by atoms with Crippen molar-refractivity contribution in [2.45, 2.75) is 105 Å². The van der Waals surface area contributed by atoms with E-state index in [1.165, 1.54) is 4.90 Å². The molecule has 0 aliphatic carbocycles. The highest BCUT2D eigenvalue weighted by atomic mass is 28.3. The highest BCUT2D eigenvalue weighted by molar-refractivity contribution is 6.48. The van der Waals surface area contributed by atoms with Gasteiger partial charge in [-0.1, -0.05) is 66.5 Å². The third-order valence-corrected chi connectivity index (χ3v) is 9.03. The molecule has 0 saturated carbocycles. The van der Waals surface area contributed by atoms with Crippen LogP contribution < -0.4 is 10.1 Å². The minimum atomic E-state index is -1.28. The number of unbranched alkanes of at least 4 members (excludes halogenated alkanes) is 2. The Morgan fingerprint density at radius 1 is 1.13 bits per heavy atom. The van der Waals surface area contributed by atoms with Crippen LogP contribution in [0.3, 0.4) is 0 Å². The summed E-state index contributed by atoms with van der Waals surface area (Å²) in [5, 5.41) is 3.02. The van der Waals surface area contributed by atoms with Crippen LogP contribution in [0.5, 0.6) is 5.75 Å². The predicted octanol–water partition coefficient (Wildman–Crippen LogP) is 5.54. The lowest BCUT2D eigenvalue weighted by atomic mass is 9.65. The third-order valence-electron chi connectivity index (χ3n) is 8.17. The summed E-state index contributed by atoms with van der Waals surface area (Å²) in [6.45, 7) is 17.2. The Kier molecular flexibility index (Phi) is 9.85. The summed E-state index contributed by atoms with van der Waals surface area (Å²) in [5.74, 6) is -1.06. The number of imide groups is 1. The maximum absolute atomic E-state index is 14.3. The molecular formula is C30H48N2O5Si. The van der Waals surface area contributed by atoms with Gasteiger partial charge in [0.15, 0.2) is 14.8 Å². The standard InChI is InChI=1S/C30H48N2O5Si/c1-9-11-17-30(18-12-10-2)32(28(35)21-15-13-14-16-23(21)37-30)27(34)20(3)25-24(26(33)31-25)22(29(4,5)6)19-36-38(7)8/h13-16,20,22,24-25,38H,9-12,17-19H2,1-8H3,(H,31,33)/t20-,22-,24+,25-/m1/s1. The number of para-hydroxylation sites is 1. The molecular weight excluding hydrogens is 496 g/mol. The second-order valence-electron chi connectivity index (χ2n) is 12.4. The fourth-order valence-electron chi connectivity index (χ4n) is 5.78. The summed E-state index contributed by atoms with van der Waals surface area (Å²) in [6, 6.07) is 6.84. The fourth-order valence-corrected chi connectivity index (χ4v) is 6.37. The van der Waals surface area contributed by atoms with Crippen molar-refractivity contribution in [3.63, 3.8) is 0 Å². The van der Waals surface area contributed by atoms with Gasteiger partial charge < -0.3 is 14.5 Å². The molecule has 0 bridgehead atoms. The lowest BCUT2D eigenvalue weighted by Crippen LogP contribution is -2.69. The molecule has 7 nitrogen and oxygen atoms in total. The zero-order valence-electron chi connectivity index (χ0n) is 24.6. The molecule has 1 saturated heterocycles. The molecule has 0 aromatic heterocycles. The molecule has 1 aromatic rings. The Hall–Kier alpha value is -2.19. The van der Waals surface area contributed by atoms with Gasteiger partial charge in [0.1, 0.15) is 5.75 Å². The average Bonchev–Trinajstić information content (AvgIpc) is 2.85. The lowest BCUT2D eigenvalue weighted by molar-refractivity contribution is -0.161. The van der Waals surface area contributed by atoms with Gasteiger partial charge in [-0.15, -0.1) is 0 Å². The van der Waals surface area contributed by atoms with E-state index in [9.17, 15) is 14.4 Å². The molecule has 8 heteroatoms. The quantitative estimate of drug-likeness (QED) is 0.276. The molecule has 1 fully saturated rings. The van der Waals surface area contributed by atoms with Gasteiger partial charge in [0.25, 0.3) is 5.91 Å². The normalized spacial score (nSPS) is 22.3. The van der Waals surface area contributed by atoms with E-state index >= 15 is 0 Å². The van der Waals surface area contributed by atoms with E-state index in [-0.39, 0.29) is 41.0 Å². The van der Waals surface area contributed by atoms with Crippen molar-refractivity contribution in [1.29, 1.82) is 0 Å². The van der Waals surface area contributed by atoms with Crippen molar-refractivity contribution >= 4 is 26.8 Å². The van der Waals surface area contributed by atoms with Crippen LogP contribution >= 0.6 is 0 Å². The Morgan fingerprint density at radius 3 is 2.26 bits per heavy atom. The smallest absolute Gasteiger partial charge is 0.267 e. The van der Waals surface area contributed by atoms with Crippen LogP contribution in [-0.2, 0) is 14.0 Å². The molecule has 3 rings (SSSR count). The molecule has 4 atom stereocenters. The third kappa shape index (κ3) is 6.17. The van der Waals surface area contributed by atoms with Crippen LogP contribution in [0.25, 0.3) is 0 Å². The van der Waals surface area contributed by atoms with Gasteiger partial charge in [-0.25, -0.2) is 4.90 Å². The molecule has 1 N–H and O–H groups in total. The first-order valence-electron chi connectivity index (χ1n) is 14.5. The van der Waals surface area contributed by atoms with Gasteiger partial charge >= 0.3 is 0 Å². The largest absolute Gasteiger partial charge is 0.467 e. The van der Waals surface area contributed by atoms with E-state index in [0.29, 0.717) is 30.8 Å². The number of nitrogens with zero attached hydrogens (tertiary/aromatic N) is 1. The molecule has 2 aliphatic rings. The van der Waals surface area contributed by atoms with Crippen LogP contribution in [0.15, 0.2) is 24.3 Å². The lowest BCUT2D eigenvalue weighted by Gasteiger charge is -2.51. The number of β-lactam (4-membered cyclic amide) rings is 1. The zero-order valence-corrected chi connectivity index (χ0v) is 25.8. The minimum Gasteiger partial charge on any atom is -0.467 e. The molecule has 2 heterocycles. The SMILES string of the molecule is CCCCC1(CCCC)Oc2ccccc2C(=O)N1C(=O)[C@H](C)[C@H]1NC(=O)[C@H]1[C@@H](CO[SiH](C)C)C(C)(C)C. The van der Waals surface area contributed by atoms with E-state index in [1.54, 1.807) is 12.1 Å². The molecule has 2 aliphatic heterocycles. The molecule has 0 spiro atoms. The Balaban J connectivity index is 1.98. The highest BCUT2D eigenvalue weighted by Crippen LogP contribution is 2.43. The van der Waals surface area contributed by atoms with Gasteiger partial charge in [0, 0.05) is 19.4 Å². The number of rotatable bonds is 12. The first-order valence-corrected chi connectivity index (χ1v) is 17.2. The van der Waals surface area contributed by atoms with E-state index in [0.717, 1.165) is 25.7 Å². The number of benzene rings is 1. The van der Waals surface area contributed by atoms with E-state index in [4.69, 9.17) is 9.16 Å². The van der Waals surface area contributed by atoms with Crippen molar-refractivity contribution in [2.75, 3.05) is 6.61 Å². The summed E-state index contributed by atoms with van der Waals surface area (Å²) >= 11 is 0. The van der Waals surface area contributed by atoms with Gasteiger partial charge in [-0.05, 0) is 49.4 Å². The maximum atomic E-state index is 14.3. The predicted molar refractivity (Wildman–Crippen MR) is 152 cm³/mol. The molecule has 212 valence electrons. The summed E-state index contributed by atoms with van der Waals surface area (Å²) in [5.41, 5.74) is -0.794. The summed E-state index contributed by atoms with van der Waals surface area (Å²) < 4.78 is 12.7. The highest BCUT2D eigenvalue weighted by Gasteiger charge is 2.56. The molecule has 0 radical (unpaired) electrons. The number of hydrogen-bond donors (Lipinski definition) is 1. The summed E-state index contributed by atoms with van der Waals surface area (Å²) in [7, 11) is -1.28. The fraction of sp³-hybridized carbons (Fsp3) is 0.700. The molecule has 0 unspecified atom stereocenters. The van der Waals surface area contributed by atoms with E-state index in [1.807, 2.05) is 19.1 Å². The van der Waals surface area contributed by atoms with Crippen molar-refractivity contribution < 1.29 is 23.5 Å². The molecule has 1 aromatic carbocycles. The number of hydrogen-bond acceptors (Lipinski definition) is 5. The Bertz CT molecular complexity index is 997. The molecule has 38 heavy (non-hydrogen) atoms. The van der Waals surface area contributed by atoms with Crippen molar-refractivity contribution in [3.05, 3.63) is 29.8 Å². The second-order valence-corrected chi connectivity index (χ2v) is 14.9. The minimum absolute atomic E-state index is 0.0367. The number of carbonyl (C=O) groups is 3. The van der Waals surface area contributed by atoms with Crippen molar-refractivity contribution in [3.8, 4) is 5.75 Å². The van der Waals surface area contributed by atoms with E-state index < -0.39 is 20.7 Å². The van der Waals surface area contributed by atoms with Crippen LogP contribution in [0.4, 0.5) is 0 Å². The molecule has 3 amide bonds. The maximum Gasteiger partial charge on any atom is 0.267 e.